The van der Waals surface area contributed by atoms with Crippen molar-refractivity contribution in [2.45, 2.75) is 29.9 Å². The average Bonchev–Trinajstić information content (AvgIpc) is 2.74. The number of thiocyanates is 2. The van der Waals surface area contributed by atoms with E-state index in [2.05, 4.69) is 29.0 Å². The van der Waals surface area contributed by atoms with Crippen LogP contribution in [0, 0.1) is 28.3 Å². The topological polar surface area (TPSA) is 66.0 Å². The van der Waals surface area contributed by atoms with Gasteiger partial charge in [0.2, 0.25) is 0 Å². The van der Waals surface area contributed by atoms with Crippen molar-refractivity contribution in [2.24, 2.45) is 0 Å². The summed E-state index contributed by atoms with van der Waals surface area (Å²) in [7, 11) is 0. The fraction of sp³-hybridized carbons (Fsp3) is 0.130. The maximum atomic E-state index is 8.72. The molecule has 0 saturated carbocycles. The maximum Gasteiger partial charge on any atom is 0.138 e. The van der Waals surface area contributed by atoms with Crippen LogP contribution in [-0.4, -0.2) is 0 Å². The predicted molar refractivity (Wildman–Crippen MR) is 116 cm³/mol. The van der Waals surface area contributed by atoms with Crippen molar-refractivity contribution in [3.05, 3.63) is 83.4 Å². The molecule has 0 atom stereocenters. The van der Waals surface area contributed by atoms with E-state index in [0.717, 1.165) is 61.5 Å². The minimum atomic E-state index is 0.432. The Morgan fingerprint density at radius 2 is 1.17 bits per heavy atom. The van der Waals surface area contributed by atoms with Crippen LogP contribution in [0.1, 0.15) is 16.7 Å². The van der Waals surface area contributed by atoms with E-state index in [4.69, 9.17) is 20.0 Å². The molecule has 0 aliphatic carbocycles. The summed E-state index contributed by atoms with van der Waals surface area (Å²) in [5, 5.41) is 21.6. The van der Waals surface area contributed by atoms with Gasteiger partial charge in [-0.15, -0.1) is 0 Å². The molecule has 0 amide bonds. The molecule has 29 heavy (non-hydrogen) atoms. The van der Waals surface area contributed by atoms with Gasteiger partial charge >= 0.3 is 0 Å². The van der Waals surface area contributed by atoms with Crippen LogP contribution < -0.4 is 9.47 Å². The Kier molecular flexibility index (Phi) is 7.47. The Bertz CT molecular complexity index is 1040. The molecule has 0 fully saturated rings. The monoisotopic (exact) mass is 418 g/mol. The van der Waals surface area contributed by atoms with E-state index in [-0.39, 0.29) is 0 Å². The molecule has 0 radical (unpaired) electrons. The first-order chi connectivity index (χ1) is 14.2. The highest BCUT2D eigenvalue weighted by molar-refractivity contribution is 8.04. The van der Waals surface area contributed by atoms with Crippen LogP contribution in [0.25, 0.3) is 0 Å². The Hall–Kier alpha value is -3.06. The molecule has 6 heteroatoms. The summed E-state index contributed by atoms with van der Waals surface area (Å²) in [4.78, 5) is 1.78. The lowest BCUT2D eigenvalue weighted by molar-refractivity contribution is 0.285. The number of hydrogen-bond donors (Lipinski definition) is 0. The van der Waals surface area contributed by atoms with E-state index in [1.807, 2.05) is 55.5 Å². The highest BCUT2D eigenvalue weighted by Crippen LogP contribution is 2.24. The molecule has 0 bridgehead atoms. The zero-order chi connectivity index (χ0) is 20.5. The van der Waals surface area contributed by atoms with Gasteiger partial charge in [-0.25, -0.2) is 0 Å². The lowest BCUT2D eigenvalue weighted by Crippen LogP contribution is -2.04. The Labute approximate surface area is 179 Å². The van der Waals surface area contributed by atoms with Gasteiger partial charge in [-0.2, -0.15) is 10.5 Å². The Balaban J connectivity index is 1.64. The van der Waals surface area contributed by atoms with Crippen molar-refractivity contribution < 1.29 is 9.47 Å². The van der Waals surface area contributed by atoms with Gasteiger partial charge in [0.05, 0.1) is 0 Å². The SMILES string of the molecule is Cc1ccc(COc2ccc(SC#N)cc2)c(COc2ccc(SC#N)cc2)c1. The summed E-state index contributed by atoms with van der Waals surface area (Å²) in [5.74, 6) is 1.51. The molecule has 0 aliphatic rings. The standard InChI is InChI=1S/C23H18N2O2S2/c1-17-2-3-18(13-26-20-4-8-22(9-5-20)28-15-24)19(12-17)14-27-21-6-10-23(11-7-21)29-16-25/h2-12H,13-14H2,1H3. The first-order valence-corrected chi connectivity index (χ1v) is 10.5. The quantitative estimate of drug-likeness (QED) is 0.316. The summed E-state index contributed by atoms with van der Waals surface area (Å²) in [5.41, 5.74) is 3.28. The van der Waals surface area contributed by atoms with E-state index < -0.39 is 0 Å². The highest BCUT2D eigenvalue weighted by Gasteiger charge is 2.06. The van der Waals surface area contributed by atoms with Crippen molar-refractivity contribution in [1.29, 1.82) is 10.5 Å². The van der Waals surface area contributed by atoms with Crippen LogP contribution in [0.15, 0.2) is 76.5 Å². The van der Waals surface area contributed by atoms with Gasteiger partial charge in [-0.3, -0.25) is 0 Å². The minimum absolute atomic E-state index is 0.432. The van der Waals surface area contributed by atoms with Crippen LogP contribution in [0.2, 0.25) is 0 Å². The van der Waals surface area contributed by atoms with Crippen molar-refractivity contribution in [3.8, 4) is 22.3 Å². The van der Waals surface area contributed by atoms with E-state index in [0.29, 0.717) is 13.2 Å². The first-order valence-electron chi connectivity index (χ1n) is 8.84. The number of nitrogens with zero attached hydrogens (tertiary/aromatic N) is 2. The number of rotatable bonds is 8. The lowest BCUT2D eigenvalue weighted by atomic mass is 10.1. The molecule has 0 saturated heterocycles. The number of ether oxygens (including phenoxy) is 2. The molecule has 3 aromatic rings. The fourth-order valence-electron chi connectivity index (χ4n) is 2.67. The molecule has 0 heterocycles. The summed E-state index contributed by atoms with van der Waals surface area (Å²) < 4.78 is 11.9. The highest BCUT2D eigenvalue weighted by atomic mass is 32.2. The molecule has 4 nitrogen and oxygen atoms in total. The van der Waals surface area contributed by atoms with Gasteiger partial charge < -0.3 is 9.47 Å². The summed E-state index contributed by atoms with van der Waals surface area (Å²) in [6, 6.07) is 21.2. The van der Waals surface area contributed by atoms with Crippen molar-refractivity contribution in [2.75, 3.05) is 0 Å². The van der Waals surface area contributed by atoms with Gasteiger partial charge in [-0.1, -0.05) is 23.8 Å². The molecular weight excluding hydrogens is 400 g/mol. The maximum absolute atomic E-state index is 8.72. The second-order valence-electron chi connectivity index (χ2n) is 6.18. The van der Waals surface area contributed by atoms with Crippen LogP contribution >= 0.6 is 23.5 Å². The van der Waals surface area contributed by atoms with Gasteiger partial charge in [0.15, 0.2) is 0 Å². The van der Waals surface area contributed by atoms with E-state index in [1.54, 1.807) is 0 Å². The zero-order valence-electron chi connectivity index (χ0n) is 15.8. The van der Waals surface area contributed by atoms with Gasteiger partial charge in [0.1, 0.15) is 35.5 Å². The van der Waals surface area contributed by atoms with Crippen LogP contribution in [0.3, 0.4) is 0 Å². The number of nitriles is 2. The normalized spacial score (nSPS) is 10.0. The minimum Gasteiger partial charge on any atom is -0.489 e. The van der Waals surface area contributed by atoms with E-state index in [1.165, 1.54) is 0 Å². The van der Waals surface area contributed by atoms with E-state index >= 15 is 0 Å². The van der Waals surface area contributed by atoms with Crippen LogP contribution in [0.5, 0.6) is 11.5 Å². The third-order valence-electron chi connectivity index (χ3n) is 4.12. The smallest absolute Gasteiger partial charge is 0.138 e. The Morgan fingerprint density at radius 3 is 1.66 bits per heavy atom. The number of benzene rings is 3. The summed E-state index contributed by atoms with van der Waals surface area (Å²) >= 11 is 2.25. The zero-order valence-corrected chi connectivity index (χ0v) is 17.4. The third kappa shape index (κ3) is 6.22. The number of aryl methyl sites for hydroxylation is 1. The van der Waals surface area contributed by atoms with Crippen molar-refractivity contribution in [3.63, 3.8) is 0 Å². The van der Waals surface area contributed by atoms with Gasteiger partial charge in [0, 0.05) is 9.79 Å². The van der Waals surface area contributed by atoms with Crippen LogP contribution in [-0.2, 0) is 13.2 Å². The summed E-state index contributed by atoms with van der Waals surface area (Å²) in [6.45, 7) is 2.91. The molecule has 144 valence electrons. The Morgan fingerprint density at radius 1 is 0.690 bits per heavy atom. The number of hydrogen-bond acceptors (Lipinski definition) is 6. The van der Waals surface area contributed by atoms with Crippen molar-refractivity contribution >= 4 is 23.5 Å². The molecular formula is C23H18N2O2S2. The molecule has 0 aromatic heterocycles. The first kappa shape index (κ1) is 20.7. The molecule has 0 N–H and O–H groups in total. The summed E-state index contributed by atoms with van der Waals surface area (Å²) in [6.07, 6.45) is 0. The van der Waals surface area contributed by atoms with Gasteiger partial charge in [0.25, 0.3) is 0 Å². The fourth-order valence-corrected chi connectivity index (χ4v) is 3.42. The van der Waals surface area contributed by atoms with Crippen LogP contribution in [0.4, 0.5) is 0 Å². The molecule has 0 aliphatic heterocycles. The second kappa shape index (κ2) is 10.5. The second-order valence-corrected chi connectivity index (χ2v) is 7.90. The van der Waals surface area contributed by atoms with E-state index in [9.17, 15) is 0 Å². The van der Waals surface area contributed by atoms with Crippen molar-refractivity contribution in [1.82, 2.24) is 0 Å². The van der Waals surface area contributed by atoms with Gasteiger partial charge in [-0.05, 0) is 90.1 Å². The molecule has 0 spiro atoms. The predicted octanol–water partition coefficient (Wildman–Crippen LogP) is 6.30. The largest absolute Gasteiger partial charge is 0.489 e. The average molecular weight is 419 g/mol. The lowest BCUT2D eigenvalue weighted by Gasteiger charge is -2.13. The molecule has 3 aromatic carbocycles. The number of thioether (sulfide) groups is 2. The third-order valence-corrected chi connectivity index (χ3v) is 5.32. The molecule has 0 unspecified atom stereocenters. The molecule has 3 rings (SSSR count).